The summed E-state index contributed by atoms with van der Waals surface area (Å²) in [6.45, 7) is 4.84. The molecular formula is C35H68NO7P. The summed E-state index contributed by atoms with van der Waals surface area (Å²) in [4.78, 5) is 22.2. The standard InChI is InChI=1S/C35H68NO7P/c1-3-5-7-9-11-13-14-15-16-17-18-19-21-23-25-27-30-40-32-34(33-42-44(38,39)41-31-29-36)43-35(37)28-26-24-22-20-12-10-8-6-4-2/h11,13,15-16,34H,3-10,12,14,17-33,36H2,1-2H3,(H,38,39)/b13-11-,16-15-. The van der Waals surface area contributed by atoms with E-state index in [2.05, 4.69) is 38.2 Å². The van der Waals surface area contributed by atoms with Crippen molar-refractivity contribution < 1.29 is 32.8 Å². The Bertz CT molecular complexity index is 732. The largest absolute Gasteiger partial charge is 0.472 e. The van der Waals surface area contributed by atoms with Gasteiger partial charge in [0.1, 0.15) is 6.10 Å². The molecule has 0 saturated carbocycles. The molecule has 0 rings (SSSR count). The number of phosphoric ester groups is 1. The van der Waals surface area contributed by atoms with E-state index in [1.54, 1.807) is 0 Å². The fourth-order valence-electron chi connectivity index (χ4n) is 4.73. The normalized spacial score (nSPS) is 14.0. The van der Waals surface area contributed by atoms with Gasteiger partial charge in [-0.3, -0.25) is 13.8 Å². The third-order valence-corrected chi connectivity index (χ3v) is 8.36. The van der Waals surface area contributed by atoms with Gasteiger partial charge in [-0.05, 0) is 44.9 Å². The first-order chi connectivity index (χ1) is 21.4. The van der Waals surface area contributed by atoms with Crippen molar-refractivity contribution in [1.29, 1.82) is 0 Å². The Balaban J connectivity index is 4.09. The molecule has 0 aromatic rings. The zero-order valence-electron chi connectivity index (χ0n) is 28.4. The first kappa shape index (κ1) is 43.0. The van der Waals surface area contributed by atoms with E-state index in [0.29, 0.717) is 13.0 Å². The van der Waals surface area contributed by atoms with Crippen LogP contribution in [0.1, 0.15) is 155 Å². The fourth-order valence-corrected chi connectivity index (χ4v) is 5.50. The van der Waals surface area contributed by atoms with Gasteiger partial charge in [-0.1, -0.05) is 128 Å². The Morgan fingerprint density at radius 1 is 0.682 bits per heavy atom. The van der Waals surface area contributed by atoms with Crippen molar-refractivity contribution in [2.24, 2.45) is 5.73 Å². The molecule has 0 aromatic carbocycles. The van der Waals surface area contributed by atoms with E-state index in [0.717, 1.165) is 44.9 Å². The van der Waals surface area contributed by atoms with Crippen molar-refractivity contribution in [3.8, 4) is 0 Å². The van der Waals surface area contributed by atoms with Crippen LogP contribution in [-0.4, -0.2) is 49.9 Å². The Morgan fingerprint density at radius 2 is 1.20 bits per heavy atom. The number of hydrogen-bond acceptors (Lipinski definition) is 7. The predicted octanol–water partition coefficient (Wildman–Crippen LogP) is 9.74. The smallest absolute Gasteiger partial charge is 0.457 e. The highest BCUT2D eigenvalue weighted by molar-refractivity contribution is 7.47. The number of phosphoric acid groups is 1. The van der Waals surface area contributed by atoms with Crippen LogP contribution in [0.4, 0.5) is 0 Å². The number of esters is 1. The van der Waals surface area contributed by atoms with E-state index in [4.69, 9.17) is 24.3 Å². The third kappa shape index (κ3) is 32.4. The van der Waals surface area contributed by atoms with Crippen molar-refractivity contribution in [3.05, 3.63) is 24.3 Å². The maximum absolute atomic E-state index is 12.4. The average molecular weight is 646 g/mol. The Labute approximate surface area is 270 Å². The lowest BCUT2D eigenvalue weighted by Crippen LogP contribution is -2.28. The summed E-state index contributed by atoms with van der Waals surface area (Å²) in [5, 5.41) is 0. The van der Waals surface area contributed by atoms with Crippen LogP contribution in [-0.2, 0) is 27.9 Å². The summed E-state index contributed by atoms with van der Waals surface area (Å²) in [5.74, 6) is -0.338. The highest BCUT2D eigenvalue weighted by atomic mass is 31.2. The maximum Gasteiger partial charge on any atom is 0.472 e. The molecule has 0 heterocycles. The third-order valence-electron chi connectivity index (χ3n) is 7.37. The molecule has 9 heteroatoms. The van der Waals surface area contributed by atoms with Crippen LogP contribution in [0.15, 0.2) is 24.3 Å². The lowest BCUT2D eigenvalue weighted by molar-refractivity contribution is -0.154. The molecule has 8 nitrogen and oxygen atoms in total. The molecule has 2 unspecified atom stereocenters. The summed E-state index contributed by atoms with van der Waals surface area (Å²) < 4.78 is 33.2. The molecule has 0 aliphatic rings. The van der Waals surface area contributed by atoms with E-state index >= 15 is 0 Å². The van der Waals surface area contributed by atoms with Gasteiger partial charge < -0.3 is 20.1 Å². The minimum absolute atomic E-state index is 0.0963. The molecule has 0 saturated heterocycles. The topological polar surface area (TPSA) is 117 Å². The van der Waals surface area contributed by atoms with Gasteiger partial charge in [-0.15, -0.1) is 0 Å². The Morgan fingerprint density at radius 3 is 1.82 bits per heavy atom. The van der Waals surface area contributed by atoms with Crippen molar-refractivity contribution >= 4 is 13.8 Å². The number of nitrogens with two attached hydrogens (primary N) is 1. The van der Waals surface area contributed by atoms with Gasteiger partial charge in [0.2, 0.25) is 0 Å². The molecule has 260 valence electrons. The van der Waals surface area contributed by atoms with Crippen molar-refractivity contribution in [1.82, 2.24) is 0 Å². The van der Waals surface area contributed by atoms with Crippen molar-refractivity contribution in [2.75, 3.05) is 33.0 Å². The molecule has 0 aliphatic heterocycles. The quantitative estimate of drug-likeness (QED) is 0.0307. The van der Waals surface area contributed by atoms with Crippen LogP contribution in [0.2, 0.25) is 0 Å². The number of unbranched alkanes of at least 4 members (excludes halogenated alkanes) is 17. The van der Waals surface area contributed by atoms with Gasteiger partial charge in [-0.25, -0.2) is 4.57 Å². The van der Waals surface area contributed by atoms with E-state index in [-0.39, 0.29) is 32.3 Å². The van der Waals surface area contributed by atoms with Crippen LogP contribution in [0.25, 0.3) is 0 Å². The summed E-state index contributed by atoms with van der Waals surface area (Å²) in [5.41, 5.74) is 5.34. The van der Waals surface area contributed by atoms with Crippen molar-refractivity contribution in [3.63, 3.8) is 0 Å². The predicted molar refractivity (Wildman–Crippen MR) is 183 cm³/mol. The zero-order chi connectivity index (χ0) is 32.4. The molecule has 0 spiro atoms. The first-order valence-corrected chi connectivity index (χ1v) is 19.3. The van der Waals surface area contributed by atoms with Gasteiger partial charge in [0.05, 0.1) is 19.8 Å². The van der Waals surface area contributed by atoms with Crippen LogP contribution >= 0.6 is 7.82 Å². The van der Waals surface area contributed by atoms with Gasteiger partial charge in [0, 0.05) is 19.6 Å². The average Bonchev–Trinajstić information content (AvgIpc) is 3.01. The molecule has 3 N–H and O–H groups in total. The summed E-state index contributed by atoms with van der Waals surface area (Å²) in [6, 6.07) is 0. The van der Waals surface area contributed by atoms with E-state index in [1.807, 2.05) is 0 Å². The zero-order valence-corrected chi connectivity index (χ0v) is 29.3. The minimum Gasteiger partial charge on any atom is -0.457 e. The van der Waals surface area contributed by atoms with Crippen LogP contribution in [0.3, 0.4) is 0 Å². The van der Waals surface area contributed by atoms with E-state index in [9.17, 15) is 14.3 Å². The lowest BCUT2D eigenvalue weighted by Gasteiger charge is -2.20. The number of rotatable bonds is 34. The second kappa shape index (κ2) is 33.3. The van der Waals surface area contributed by atoms with Gasteiger partial charge in [-0.2, -0.15) is 0 Å². The SMILES string of the molecule is CCCCC/C=C\C/C=C\CCCCCCCCOCC(COP(=O)(O)OCCN)OC(=O)CCCCCCCCCCC. The first-order valence-electron chi connectivity index (χ1n) is 17.8. The molecule has 0 amide bonds. The van der Waals surface area contributed by atoms with Gasteiger partial charge in [0.25, 0.3) is 0 Å². The molecule has 2 atom stereocenters. The maximum atomic E-state index is 12.4. The molecular weight excluding hydrogens is 577 g/mol. The van der Waals surface area contributed by atoms with E-state index in [1.165, 1.54) is 89.9 Å². The van der Waals surface area contributed by atoms with Crippen molar-refractivity contribution in [2.45, 2.75) is 161 Å². The Hall–Kier alpha value is -1.02. The fraction of sp³-hybridized carbons (Fsp3) is 0.857. The number of ether oxygens (including phenoxy) is 2. The highest BCUT2D eigenvalue weighted by Gasteiger charge is 2.25. The molecule has 0 bridgehead atoms. The monoisotopic (exact) mass is 645 g/mol. The van der Waals surface area contributed by atoms with Gasteiger partial charge >= 0.3 is 13.8 Å². The summed E-state index contributed by atoms with van der Waals surface area (Å²) in [7, 11) is -4.26. The minimum atomic E-state index is -4.26. The molecule has 0 radical (unpaired) electrons. The number of allylic oxidation sites excluding steroid dienone is 4. The summed E-state index contributed by atoms with van der Waals surface area (Å²) >= 11 is 0. The van der Waals surface area contributed by atoms with Crippen LogP contribution in [0.5, 0.6) is 0 Å². The second-order valence-electron chi connectivity index (χ2n) is 11.7. The Kier molecular flexibility index (Phi) is 32.6. The summed E-state index contributed by atoms with van der Waals surface area (Å²) in [6.07, 6.45) is 33.3. The second-order valence-corrected chi connectivity index (χ2v) is 13.2. The number of carbonyl (C=O) groups is 1. The van der Waals surface area contributed by atoms with Crippen LogP contribution < -0.4 is 5.73 Å². The molecule has 0 aromatic heterocycles. The molecule has 0 aliphatic carbocycles. The van der Waals surface area contributed by atoms with E-state index < -0.39 is 13.9 Å². The molecule has 44 heavy (non-hydrogen) atoms. The lowest BCUT2D eigenvalue weighted by atomic mass is 10.1. The van der Waals surface area contributed by atoms with Crippen LogP contribution in [0, 0.1) is 0 Å². The molecule has 0 fully saturated rings. The highest BCUT2D eigenvalue weighted by Crippen LogP contribution is 2.43. The number of hydrogen-bond donors (Lipinski definition) is 2. The number of carbonyl (C=O) groups excluding carboxylic acids is 1. The van der Waals surface area contributed by atoms with Gasteiger partial charge in [0.15, 0.2) is 0 Å².